The van der Waals surface area contributed by atoms with Crippen LogP contribution in [-0.2, 0) is 4.79 Å². The van der Waals surface area contributed by atoms with Crippen molar-refractivity contribution in [3.8, 4) is 11.3 Å². The largest absolute Gasteiger partial charge is 0.358 e. The Hall–Kier alpha value is -2.57. The third kappa shape index (κ3) is 2.88. The van der Waals surface area contributed by atoms with Crippen LogP contribution in [0.3, 0.4) is 0 Å². The Labute approximate surface area is 126 Å². The van der Waals surface area contributed by atoms with Crippen LogP contribution in [0.1, 0.15) is 6.42 Å². The molecule has 0 spiro atoms. The molecule has 0 atom stereocenters. The van der Waals surface area contributed by atoms with Crippen LogP contribution < -0.4 is 5.32 Å². The van der Waals surface area contributed by atoms with Crippen molar-refractivity contribution in [1.82, 2.24) is 14.9 Å². The van der Waals surface area contributed by atoms with Gasteiger partial charge in [-0.3, -0.25) is 4.79 Å². The molecule has 114 valence electrons. The molecule has 1 aromatic heterocycles. The van der Waals surface area contributed by atoms with Crippen molar-refractivity contribution in [1.29, 1.82) is 0 Å². The lowest BCUT2D eigenvalue weighted by Gasteiger charge is -2.30. The Morgan fingerprint density at radius 2 is 1.91 bits per heavy atom. The number of carbonyl (C=O) groups is 1. The average Bonchev–Trinajstić information content (AvgIpc) is 2.45. The summed E-state index contributed by atoms with van der Waals surface area (Å²) in [7, 11) is 0. The number of nitrogens with zero attached hydrogens (tertiary/aromatic N) is 3. The van der Waals surface area contributed by atoms with Crippen molar-refractivity contribution < 1.29 is 13.6 Å². The number of halogens is 2. The van der Waals surface area contributed by atoms with E-state index in [2.05, 4.69) is 15.3 Å². The van der Waals surface area contributed by atoms with Gasteiger partial charge in [-0.1, -0.05) is 0 Å². The van der Waals surface area contributed by atoms with Gasteiger partial charge in [-0.15, -0.1) is 0 Å². The standard InChI is InChI=1S/C15H14F2N4O/c16-11-4-2-10(3-5-11)14-13(17)15(20-9-19-14)18-8-12(22)21-6-1-7-21/h2-5,9H,1,6-8H2,(H,18,19,20). The maximum atomic E-state index is 14.4. The van der Waals surface area contributed by atoms with E-state index in [1.807, 2.05) is 0 Å². The van der Waals surface area contributed by atoms with E-state index in [9.17, 15) is 13.6 Å². The number of anilines is 1. The normalized spacial score (nSPS) is 13.6. The lowest BCUT2D eigenvalue weighted by Crippen LogP contribution is -2.44. The first-order valence-electron chi connectivity index (χ1n) is 6.93. The van der Waals surface area contributed by atoms with Crippen LogP contribution in [0.15, 0.2) is 30.6 Å². The second-order valence-corrected chi connectivity index (χ2v) is 4.98. The fourth-order valence-electron chi connectivity index (χ4n) is 2.14. The highest BCUT2D eigenvalue weighted by molar-refractivity contribution is 5.81. The lowest BCUT2D eigenvalue weighted by molar-refractivity contribution is -0.132. The molecule has 5 nitrogen and oxygen atoms in total. The third-order valence-corrected chi connectivity index (χ3v) is 3.52. The zero-order chi connectivity index (χ0) is 15.5. The zero-order valence-corrected chi connectivity index (χ0v) is 11.7. The van der Waals surface area contributed by atoms with Crippen molar-refractivity contribution in [3.63, 3.8) is 0 Å². The van der Waals surface area contributed by atoms with Crippen LogP contribution >= 0.6 is 0 Å². The Morgan fingerprint density at radius 3 is 2.55 bits per heavy atom. The van der Waals surface area contributed by atoms with E-state index in [1.165, 1.54) is 30.6 Å². The van der Waals surface area contributed by atoms with E-state index in [1.54, 1.807) is 4.90 Å². The van der Waals surface area contributed by atoms with Gasteiger partial charge in [0.15, 0.2) is 11.6 Å². The van der Waals surface area contributed by atoms with Crippen molar-refractivity contribution >= 4 is 11.7 Å². The molecule has 2 aromatic rings. The van der Waals surface area contributed by atoms with Gasteiger partial charge in [-0.05, 0) is 30.7 Å². The quantitative estimate of drug-likeness (QED) is 0.939. The van der Waals surface area contributed by atoms with Crippen LogP contribution in [0.25, 0.3) is 11.3 Å². The van der Waals surface area contributed by atoms with E-state index < -0.39 is 11.6 Å². The molecule has 0 unspecified atom stereocenters. The smallest absolute Gasteiger partial charge is 0.241 e. The molecular formula is C15H14F2N4O. The molecule has 0 saturated carbocycles. The summed E-state index contributed by atoms with van der Waals surface area (Å²) in [4.78, 5) is 21.1. The van der Waals surface area contributed by atoms with Gasteiger partial charge in [0, 0.05) is 18.7 Å². The van der Waals surface area contributed by atoms with Gasteiger partial charge in [0.25, 0.3) is 0 Å². The minimum absolute atomic E-state index is 0.0171. The second-order valence-electron chi connectivity index (χ2n) is 4.98. The van der Waals surface area contributed by atoms with Crippen LogP contribution in [0.5, 0.6) is 0 Å². The molecule has 1 aromatic carbocycles. The third-order valence-electron chi connectivity index (χ3n) is 3.52. The molecule has 7 heteroatoms. The highest BCUT2D eigenvalue weighted by atomic mass is 19.1. The van der Waals surface area contributed by atoms with Crippen LogP contribution in [0, 0.1) is 11.6 Å². The summed E-state index contributed by atoms with van der Waals surface area (Å²) in [6.07, 6.45) is 2.21. The minimum Gasteiger partial charge on any atom is -0.358 e. The van der Waals surface area contributed by atoms with Gasteiger partial charge in [-0.25, -0.2) is 18.7 Å². The van der Waals surface area contributed by atoms with E-state index in [4.69, 9.17) is 0 Å². The lowest BCUT2D eigenvalue weighted by atomic mass is 10.1. The first-order valence-corrected chi connectivity index (χ1v) is 6.93. The van der Waals surface area contributed by atoms with Crippen molar-refractivity contribution in [3.05, 3.63) is 42.2 Å². The molecular weight excluding hydrogens is 290 g/mol. The van der Waals surface area contributed by atoms with Gasteiger partial charge < -0.3 is 10.2 Å². The Kier molecular flexibility index (Phi) is 3.95. The van der Waals surface area contributed by atoms with Gasteiger partial charge in [0.2, 0.25) is 5.91 Å². The predicted octanol–water partition coefficient (Wildman–Crippen LogP) is 2.07. The molecule has 22 heavy (non-hydrogen) atoms. The summed E-state index contributed by atoms with van der Waals surface area (Å²) in [5.74, 6) is -1.20. The summed E-state index contributed by atoms with van der Waals surface area (Å²) < 4.78 is 27.3. The van der Waals surface area contributed by atoms with E-state index >= 15 is 0 Å². The van der Waals surface area contributed by atoms with Crippen molar-refractivity contribution in [2.24, 2.45) is 0 Å². The number of likely N-dealkylation sites (tertiary alicyclic amines) is 1. The Bertz CT molecular complexity index is 686. The summed E-state index contributed by atoms with van der Waals surface area (Å²) in [5.41, 5.74) is 0.507. The Morgan fingerprint density at radius 1 is 1.18 bits per heavy atom. The van der Waals surface area contributed by atoms with Crippen molar-refractivity contribution in [2.75, 3.05) is 25.0 Å². The average molecular weight is 304 g/mol. The molecule has 1 saturated heterocycles. The van der Waals surface area contributed by atoms with E-state index in [0.29, 0.717) is 5.56 Å². The van der Waals surface area contributed by atoms with Crippen LogP contribution in [0.2, 0.25) is 0 Å². The molecule has 0 aliphatic carbocycles. The molecule has 0 radical (unpaired) electrons. The molecule has 3 rings (SSSR count). The molecule has 1 aliphatic rings. The molecule has 1 aliphatic heterocycles. The highest BCUT2D eigenvalue weighted by Gasteiger charge is 2.20. The number of hydrogen-bond donors (Lipinski definition) is 1. The number of rotatable bonds is 4. The van der Waals surface area contributed by atoms with E-state index in [-0.39, 0.29) is 24.0 Å². The maximum absolute atomic E-state index is 14.4. The second kappa shape index (κ2) is 6.05. The fraction of sp³-hybridized carbons (Fsp3) is 0.267. The number of amides is 1. The van der Waals surface area contributed by atoms with Crippen LogP contribution in [-0.4, -0.2) is 40.4 Å². The van der Waals surface area contributed by atoms with Gasteiger partial charge in [0.1, 0.15) is 17.8 Å². The molecule has 0 bridgehead atoms. The number of hydrogen-bond acceptors (Lipinski definition) is 4. The summed E-state index contributed by atoms with van der Waals surface area (Å²) in [6.45, 7) is 1.47. The topological polar surface area (TPSA) is 58.1 Å². The minimum atomic E-state index is -0.662. The zero-order valence-electron chi connectivity index (χ0n) is 11.7. The predicted molar refractivity (Wildman–Crippen MR) is 77.1 cm³/mol. The van der Waals surface area contributed by atoms with Gasteiger partial charge in [0.05, 0.1) is 6.54 Å². The van der Waals surface area contributed by atoms with Crippen LogP contribution in [0.4, 0.5) is 14.6 Å². The van der Waals surface area contributed by atoms with E-state index in [0.717, 1.165) is 19.5 Å². The van der Waals surface area contributed by atoms with Gasteiger partial charge in [-0.2, -0.15) is 0 Å². The summed E-state index contributed by atoms with van der Waals surface area (Å²) in [6, 6.07) is 5.35. The first kappa shape index (κ1) is 14.4. The first-order chi connectivity index (χ1) is 10.6. The SMILES string of the molecule is O=C(CNc1ncnc(-c2ccc(F)cc2)c1F)N1CCC1. The molecule has 2 heterocycles. The number of nitrogens with one attached hydrogen (secondary N) is 1. The Balaban J connectivity index is 1.76. The summed E-state index contributed by atoms with van der Waals surface area (Å²) in [5, 5.41) is 2.69. The molecule has 1 amide bonds. The molecule has 1 N–H and O–H groups in total. The fourth-order valence-corrected chi connectivity index (χ4v) is 2.14. The number of benzene rings is 1. The highest BCUT2D eigenvalue weighted by Crippen LogP contribution is 2.24. The van der Waals surface area contributed by atoms with Gasteiger partial charge >= 0.3 is 0 Å². The maximum Gasteiger partial charge on any atom is 0.241 e. The summed E-state index contributed by atoms with van der Waals surface area (Å²) >= 11 is 0. The molecule has 1 fully saturated rings. The van der Waals surface area contributed by atoms with Crippen molar-refractivity contribution in [2.45, 2.75) is 6.42 Å². The number of aromatic nitrogens is 2. The monoisotopic (exact) mass is 304 g/mol. The number of carbonyl (C=O) groups excluding carboxylic acids is 1.